The van der Waals surface area contributed by atoms with E-state index in [4.69, 9.17) is 51.8 Å². The Morgan fingerprint density at radius 2 is 1.76 bits per heavy atom. The summed E-state index contributed by atoms with van der Waals surface area (Å²) >= 11 is 25.0. The molecule has 0 aromatic heterocycles. The van der Waals surface area contributed by atoms with Crippen molar-refractivity contribution in [1.29, 1.82) is 0 Å². The second-order valence-electron chi connectivity index (χ2n) is 7.01. The predicted octanol–water partition coefficient (Wildman–Crippen LogP) is 7.07. The number of para-hydroxylation sites is 1. The van der Waals surface area contributed by atoms with Crippen LogP contribution in [0.25, 0.3) is 6.08 Å². The van der Waals surface area contributed by atoms with Crippen LogP contribution in [0, 0.1) is 0 Å². The molecular formula is C24H15Cl3N2O3S2. The molecule has 0 spiro atoms. The summed E-state index contributed by atoms with van der Waals surface area (Å²) in [6.07, 6.45) is 1.69. The maximum Gasteiger partial charge on any atom is 0.270 e. The number of hydrogen-bond donors (Lipinski definition) is 1. The fourth-order valence-electron chi connectivity index (χ4n) is 3.05. The van der Waals surface area contributed by atoms with E-state index < -0.39 is 0 Å². The van der Waals surface area contributed by atoms with E-state index in [1.165, 1.54) is 16.7 Å². The zero-order valence-corrected chi connectivity index (χ0v) is 21.2. The normalized spacial score (nSPS) is 14.6. The van der Waals surface area contributed by atoms with Crippen molar-refractivity contribution >= 4 is 92.4 Å². The number of carbonyl (C=O) groups excluding carboxylic acids is 2. The van der Waals surface area contributed by atoms with Crippen LogP contribution in [0.15, 0.2) is 71.6 Å². The molecule has 3 aromatic rings. The molecule has 0 aliphatic carbocycles. The van der Waals surface area contributed by atoms with Crippen molar-refractivity contribution in [3.05, 3.63) is 92.3 Å². The molecule has 3 aromatic carbocycles. The maximum atomic E-state index is 13.0. The van der Waals surface area contributed by atoms with Gasteiger partial charge in [0.15, 0.2) is 10.9 Å². The van der Waals surface area contributed by atoms with Crippen molar-refractivity contribution in [3.63, 3.8) is 0 Å². The summed E-state index contributed by atoms with van der Waals surface area (Å²) < 4.78 is 5.92. The summed E-state index contributed by atoms with van der Waals surface area (Å²) in [5, 5.41) is 3.76. The van der Waals surface area contributed by atoms with E-state index in [1.807, 2.05) is 18.2 Å². The van der Waals surface area contributed by atoms with Gasteiger partial charge in [-0.1, -0.05) is 83.0 Å². The van der Waals surface area contributed by atoms with Gasteiger partial charge in [-0.15, -0.1) is 0 Å². The molecule has 1 heterocycles. The third kappa shape index (κ3) is 5.74. The van der Waals surface area contributed by atoms with E-state index in [0.29, 0.717) is 47.0 Å². The number of halogens is 3. The number of nitrogens with zero attached hydrogens (tertiary/aromatic N) is 1. The fraction of sp³-hybridized carbons (Fsp3) is 0.0417. The molecule has 1 aliphatic rings. The molecule has 1 N–H and O–H groups in total. The summed E-state index contributed by atoms with van der Waals surface area (Å²) in [7, 11) is 0. The Bertz CT molecular complexity index is 1320. The van der Waals surface area contributed by atoms with E-state index in [0.717, 1.165) is 0 Å². The highest BCUT2D eigenvalue weighted by atomic mass is 35.5. The van der Waals surface area contributed by atoms with Gasteiger partial charge in [-0.25, -0.2) is 0 Å². The molecule has 0 bridgehead atoms. The Morgan fingerprint density at radius 1 is 1.00 bits per heavy atom. The highest BCUT2D eigenvalue weighted by molar-refractivity contribution is 8.27. The monoisotopic (exact) mass is 548 g/mol. The van der Waals surface area contributed by atoms with Gasteiger partial charge in [0.2, 0.25) is 0 Å². The minimum Gasteiger partial charge on any atom is -0.482 e. The van der Waals surface area contributed by atoms with Crippen LogP contribution in [0.1, 0.15) is 5.56 Å². The molecule has 1 saturated heterocycles. The van der Waals surface area contributed by atoms with Gasteiger partial charge in [0.1, 0.15) is 5.75 Å². The molecule has 10 heteroatoms. The summed E-state index contributed by atoms with van der Waals surface area (Å²) in [5.74, 6) is -0.231. The summed E-state index contributed by atoms with van der Waals surface area (Å²) in [6, 6.07) is 19.0. The minimum absolute atomic E-state index is 0.198. The van der Waals surface area contributed by atoms with Gasteiger partial charge in [-0.2, -0.15) is 0 Å². The van der Waals surface area contributed by atoms with Gasteiger partial charge in [0.05, 0.1) is 25.7 Å². The SMILES string of the molecule is O=C(COc1ccc(/C=C2\SC(=S)N(c3ccc(Cl)c(Cl)c3)C2=O)cc1Cl)Nc1ccccc1. The van der Waals surface area contributed by atoms with Crippen molar-refractivity contribution in [2.24, 2.45) is 0 Å². The molecular weight excluding hydrogens is 535 g/mol. The smallest absolute Gasteiger partial charge is 0.270 e. The van der Waals surface area contributed by atoms with E-state index in [-0.39, 0.29) is 18.4 Å². The number of carbonyl (C=O) groups is 2. The maximum absolute atomic E-state index is 13.0. The molecule has 0 saturated carbocycles. The molecule has 1 fully saturated rings. The molecule has 0 radical (unpaired) electrons. The number of thiocarbonyl (C=S) groups is 1. The van der Waals surface area contributed by atoms with Crippen LogP contribution in [0.5, 0.6) is 5.75 Å². The van der Waals surface area contributed by atoms with Crippen LogP contribution in [-0.4, -0.2) is 22.7 Å². The number of thioether (sulfide) groups is 1. The standard InChI is InChI=1S/C24H15Cl3N2O3S2/c25-17-8-7-16(12-18(17)26)29-23(31)21(34-24(29)33)11-14-6-9-20(19(27)10-14)32-13-22(30)28-15-4-2-1-3-5-15/h1-12H,13H2,(H,28,30)/b21-11-. The molecule has 0 unspecified atom stereocenters. The van der Waals surface area contributed by atoms with Gasteiger partial charge in [-0.05, 0) is 54.1 Å². The molecule has 172 valence electrons. The molecule has 34 heavy (non-hydrogen) atoms. The predicted molar refractivity (Wildman–Crippen MR) is 144 cm³/mol. The van der Waals surface area contributed by atoms with Crippen molar-refractivity contribution in [1.82, 2.24) is 0 Å². The van der Waals surface area contributed by atoms with Crippen LogP contribution in [0.4, 0.5) is 11.4 Å². The van der Waals surface area contributed by atoms with Gasteiger partial charge in [0, 0.05) is 5.69 Å². The number of ether oxygens (including phenoxy) is 1. The lowest BCUT2D eigenvalue weighted by Gasteiger charge is -2.15. The quantitative estimate of drug-likeness (QED) is 0.263. The molecule has 2 amide bonds. The lowest BCUT2D eigenvalue weighted by molar-refractivity contribution is -0.118. The molecule has 0 atom stereocenters. The second-order valence-corrected chi connectivity index (χ2v) is 9.91. The van der Waals surface area contributed by atoms with Crippen LogP contribution in [0.2, 0.25) is 15.1 Å². The highest BCUT2D eigenvalue weighted by Crippen LogP contribution is 2.38. The zero-order chi connectivity index (χ0) is 24.2. The highest BCUT2D eigenvalue weighted by Gasteiger charge is 2.33. The summed E-state index contributed by atoms with van der Waals surface area (Å²) in [6.45, 7) is -0.198. The first-order valence-electron chi connectivity index (χ1n) is 9.82. The largest absolute Gasteiger partial charge is 0.482 e. The first-order valence-corrected chi connectivity index (χ1v) is 12.2. The number of hydrogen-bond acceptors (Lipinski definition) is 5. The van der Waals surface area contributed by atoms with Gasteiger partial charge < -0.3 is 10.1 Å². The summed E-state index contributed by atoms with van der Waals surface area (Å²) in [4.78, 5) is 26.9. The average molecular weight is 550 g/mol. The Morgan fingerprint density at radius 3 is 2.47 bits per heavy atom. The number of anilines is 2. The van der Waals surface area contributed by atoms with Gasteiger partial charge >= 0.3 is 0 Å². The van der Waals surface area contributed by atoms with E-state index in [2.05, 4.69) is 5.32 Å². The lowest BCUT2D eigenvalue weighted by atomic mass is 10.2. The number of benzene rings is 3. The van der Waals surface area contributed by atoms with Crippen LogP contribution in [-0.2, 0) is 9.59 Å². The van der Waals surface area contributed by atoms with Crippen molar-refractivity contribution in [2.75, 3.05) is 16.8 Å². The van der Waals surface area contributed by atoms with E-state index >= 15 is 0 Å². The van der Waals surface area contributed by atoms with Crippen LogP contribution >= 0.6 is 58.8 Å². The van der Waals surface area contributed by atoms with Crippen molar-refractivity contribution in [2.45, 2.75) is 0 Å². The Labute approximate surface area is 220 Å². The number of rotatable bonds is 6. The topological polar surface area (TPSA) is 58.6 Å². The number of amides is 2. The first kappa shape index (κ1) is 24.6. The Hall–Kier alpha value is -2.55. The second kappa shape index (κ2) is 10.8. The van der Waals surface area contributed by atoms with Crippen LogP contribution in [0.3, 0.4) is 0 Å². The molecule has 1 aliphatic heterocycles. The number of nitrogens with one attached hydrogen (secondary N) is 1. The van der Waals surface area contributed by atoms with E-state index in [9.17, 15) is 9.59 Å². The zero-order valence-electron chi connectivity index (χ0n) is 17.3. The van der Waals surface area contributed by atoms with Crippen molar-refractivity contribution < 1.29 is 14.3 Å². The molecule has 5 nitrogen and oxygen atoms in total. The van der Waals surface area contributed by atoms with Gasteiger partial charge in [-0.3, -0.25) is 14.5 Å². The minimum atomic E-state index is -0.308. The Kier molecular flexibility index (Phi) is 7.80. The van der Waals surface area contributed by atoms with Gasteiger partial charge in [0.25, 0.3) is 11.8 Å². The fourth-order valence-corrected chi connectivity index (χ4v) is 4.89. The summed E-state index contributed by atoms with van der Waals surface area (Å²) in [5.41, 5.74) is 1.90. The lowest BCUT2D eigenvalue weighted by Crippen LogP contribution is -2.27. The molecule has 4 rings (SSSR count). The Balaban J connectivity index is 1.43. The van der Waals surface area contributed by atoms with E-state index in [1.54, 1.807) is 54.6 Å². The average Bonchev–Trinajstić information content (AvgIpc) is 3.08. The first-order chi connectivity index (χ1) is 16.3. The van der Waals surface area contributed by atoms with Crippen molar-refractivity contribution in [3.8, 4) is 5.75 Å². The third-order valence-electron chi connectivity index (χ3n) is 4.63. The third-order valence-corrected chi connectivity index (χ3v) is 6.96. The van der Waals surface area contributed by atoms with Crippen LogP contribution < -0.4 is 15.0 Å².